The van der Waals surface area contributed by atoms with Crippen LogP contribution in [-0.2, 0) is 12.9 Å². The molecule has 2 rings (SSSR count). The summed E-state index contributed by atoms with van der Waals surface area (Å²) in [6.07, 6.45) is 0. The molecule has 0 aliphatic heterocycles. The number of amides is 1. The molecule has 0 saturated carbocycles. The zero-order valence-corrected chi connectivity index (χ0v) is 11.4. The fraction of sp³-hybridized carbons (Fsp3) is 0.154. The third-order valence-corrected chi connectivity index (χ3v) is 3.21. The summed E-state index contributed by atoms with van der Waals surface area (Å²) in [5, 5.41) is 13.5. The minimum atomic E-state index is -0.538. The second kappa shape index (κ2) is 5.75. The first-order chi connectivity index (χ1) is 9.54. The first-order valence-electron chi connectivity index (χ1n) is 5.80. The van der Waals surface area contributed by atoms with Crippen LogP contribution in [0.2, 0.25) is 0 Å². The molecule has 0 saturated heterocycles. The summed E-state index contributed by atoms with van der Waals surface area (Å²) in [6.45, 7) is 0. The third kappa shape index (κ3) is 2.65. The smallest absolute Gasteiger partial charge is 0.323 e. The lowest BCUT2D eigenvalue weighted by molar-refractivity contribution is -0.391. The molecule has 0 fully saturated rings. The average Bonchev–Trinajstić information content (AvgIpc) is 2.81. The zero-order chi connectivity index (χ0) is 14.7. The summed E-state index contributed by atoms with van der Waals surface area (Å²) < 4.78 is 1.23. The topological polar surface area (TPSA) is 77.2 Å². The molecular formula is C13H12ClN3O3. The molecule has 104 valence electrons. The lowest BCUT2D eigenvalue weighted by Crippen LogP contribution is -2.17. The Hall–Kier alpha value is -2.34. The van der Waals surface area contributed by atoms with E-state index in [4.69, 9.17) is 11.6 Å². The quantitative estimate of drug-likeness (QED) is 0.535. The van der Waals surface area contributed by atoms with Crippen LogP contribution in [0.1, 0.15) is 16.1 Å². The van der Waals surface area contributed by atoms with Crippen molar-refractivity contribution in [3.63, 3.8) is 0 Å². The van der Waals surface area contributed by atoms with E-state index < -0.39 is 10.8 Å². The lowest BCUT2D eigenvalue weighted by Gasteiger charge is -2.08. The molecule has 1 N–H and O–H groups in total. The first kappa shape index (κ1) is 14.1. The second-order valence-electron chi connectivity index (χ2n) is 4.14. The van der Waals surface area contributed by atoms with Gasteiger partial charge in [-0.25, -0.2) is 4.57 Å². The lowest BCUT2D eigenvalue weighted by atomic mass is 10.2. The van der Waals surface area contributed by atoms with Crippen LogP contribution >= 0.6 is 11.6 Å². The Labute approximate surface area is 120 Å². The van der Waals surface area contributed by atoms with Crippen molar-refractivity contribution in [2.75, 3.05) is 5.32 Å². The van der Waals surface area contributed by atoms with Gasteiger partial charge in [-0.3, -0.25) is 4.79 Å². The molecule has 1 aromatic carbocycles. The maximum atomic E-state index is 12.1. The number of nitrogens with one attached hydrogen (secondary N) is 1. The van der Waals surface area contributed by atoms with Crippen LogP contribution in [0.4, 0.5) is 11.5 Å². The van der Waals surface area contributed by atoms with Crippen LogP contribution in [-0.4, -0.2) is 15.4 Å². The Kier molecular flexibility index (Phi) is 4.05. The number of aromatic nitrogens is 1. The van der Waals surface area contributed by atoms with E-state index in [1.54, 1.807) is 18.2 Å². The molecule has 0 bridgehead atoms. The van der Waals surface area contributed by atoms with Crippen molar-refractivity contribution in [2.24, 2.45) is 7.05 Å². The Morgan fingerprint density at radius 3 is 2.65 bits per heavy atom. The molecule has 20 heavy (non-hydrogen) atoms. The van der Waals surface area contributed by atoms with Crippen molar-refractivity contribution in [1.82, 2.24) is 4.57 Å². The zero-order valence-electron chi connectivity index (χ0n) is 10.7. The number of para-hydroxylation sites is 1. The van der Waals surface area contributed by atoms with Gasteiger partial charge in [-0.05, 0) is 22.6 Å². The summed E-state index contributed by atoms with van der Waals surface area (Å²) in [5.41, 5.74) is 1.59. The van der Waals surface area contributed by atoms with Crippen molar-refractivity contribution >= 4 is 29.0 Å². The number of nitro groups is 1. The highest BCUT2D eigenvalue weighted by Crippen LogP contribution is 2.20. The van der Waals surface area contributed by atoms with E-state index in [2.05, 4.69) is 5.32 Å². The van der Waals surface area contributed by atoms with Crippen LogP contribution in [0.25, 0.3) is 0 Å². The molecule has 0 aliphatic rings. The summed E-state index contributed by atoms with van der Waals surface area (Å²) in [4.78, 5) is 22.4. The van der Waals surface area contributed by atoms with Gasteiger partial charge in [-0.1, -0.05) is 18.2 Å². The molecular weight excluding hydrogens is 282 g/mol. The number of hydrogen-bond donors (Lipinski definition) is 1. The molecule has 6 nitrogen and oxygen atoms in total. The molecule has 0 atom stereocenters. The molecule has 0 aliphatic carbocycles. The van der Waals surface area contributed by atoms with Crippen molar-refractivity contribution < 1.29 is 9.72 Å². The number of carbonyl (C=O) groups excluding carboxylic acids is 1. The van der Waals surface area contributed by atoms with E-state index in [1.165, 1.54) is 23.7 Å². The van der Waals surface area contributed by atoms with Crippen LogP contribution in [0.5, 0.6) is 0 Å². The number of rotatable bonds is 4. The van der Waals surface area contributed by atoms with Gasteiger partial charge in [0.25, 0.3) is 5.91 Å². The van der Waals surface area contributed by atoms with Gasteiger partial charge in [0.15, 0.2) is 5.69 Å². The Bertz CT molecular complexity index is 667. The van der Waals surface area contributed by atoms with Crippen molar-refractivity contribution in [3.05, 3.63) is 57.8 Å². The van der Waals surface area contributed by atoms with Gasteiger partial charge < -0.3 is 15.4 Å². The van der Waals surface area contributed by atoms with Crippen molar-refractivity contribution in [3.8, 4) is 0 Å². The van der Waals surface area contributed by atoms with Crippen molar-refractivity contribution in [1.29, 1.82) is 0 Å². The molecule has 1 heterocycles. The monoisotopic (exact) mass is 293 g/mol. The van der Waals surface area contributed by atoms with Crippen molar-refractivity contribution in [2.45, 2.75) is 5.88 Å². The summed E-state index contributed by atoms with van der Waals surface area (Å²) in [5.74, 6) is -0.289. The maximum absolute atomic E-state index is 12.1. The fourth-order valence-electron chi connectivity index (χ4n) is 1.86. The van der Waals surface area contributed by atoms with Gasteiger partial charge in [-0.2, -0.15) is 0 Å². The summed E-state index contributed by atoms with van der Waals surface area (Å²) in [7, 11) is 1.47. The van der Waals surface area contributed by atoms with E-state index in [1.807, 2.05) is 6.07 Å². The van der Waals surface area contributed by atoms with Gasteiger partial charge in [0.2, 0.25) is 0 Å². The highest BCUT2D eigenvalue weighted by Gasteiger charge is 2.21. The number of carbonyl (C=O) groups is 1. The summed E-state index contributed by atoms with van der Waals surface area (Å²) in [6, 6.07) is 9.84. The molecule has 7 heteroatoms. The molecule has 0 spiro atoms. The standard InChI is InChI=1S/C13H12ClN3O3/c1-16-11(6-7-12(16)17(19)20)13(18)15-10-5-3-2-4-9(10)8-14/h2-7H,8H2,1H3,(H,15,18). The number of hydrogen-bond acceptors (Lipinski definition) is 3. The van der Waals surface area contributed by atoms with Gasteiger partial charge in [0.05, 0.1) is 7.05 Å². The number of alkyl halides is 1. The molecule has 0 radical (unpaired) electrons. The minimum Gasteiger partial charge on any atom is -0.358 e. The highest BCUT2D eigenvalue weighted by molar-refractivity contribution is 6.17. The number of halogens is 1. The Morgan fingerprint density at radius 2 is 2.05 bits per heavy atom. The van der Waals surface area contributed by atoms with E-state index in [0.29, 0.717) is 5.69 Å². The molecule has 0 unspecified atom stereocenters. The van der Waals surface area contributed by atoms with Crippen LogP contribution < -0.4 is 5.32 Å². The van der Waals surface area contributed by atoms with Gasteiger partial charge in [0.1, 0.15) is 0 Å². The molecule has 2 aromatic rings. The Balaban J connectivity index is 2.27. The summed E-state index contributed by atoms with van der Waals surface area (Å²) >= 11 is 5.79. The second-order valence-corrected chi connectivity index (χ2v) is 4.41. The van der Waals surface area contributed by atoms with E-state index in [0.717, 1.165) is 5.56 Å². The maximum Gasteiger partial charge on any atom is 0.323 e. The minimum absolute atomic E-state index is 0.138. The molecule has 1 aromatic heterocycles. The van der Waals surface area contributed by atoms with Gasteiger partial charge in [0, 0.05) is 17.6 Å². The number of benzene rings is 1. The average molecular weight is 294 g/mol. The highest BCUT2D eigenvalue weighted by atomic mass is 35.5. The van der Waals surface area contributed by atoms with Crippen LogP contribution in [0, 0.1) is 10.1 Å². The largest absolute Gasteiger partial charge is 0.358 e. The normalized spacial score (nSPS) is 10.3. The first-order valence-corrected chi connectivity index (χ1v) is 6.33. The third-order valence-electron chi connectivity index (χ3n) is 2.92. The van der Waals surface area contributed by atoms with E-state index in [-0.39, 0.29) is 17.4 Å². The predicted molar refractivity (Wildman–Crippen MR) is 76.0 cm³/mol. The van der Waals surface area contributed by atoms with Gasteiger partial charge >= 0.3 is 5.82 Å². The van der Waals surface area contributed by atoms with Gasteiger partial charge in [-0.15, -0.1) is 11.6 Å². The van der Waals surface area contributed by atoms with E-state index >= 15 is 0 Å². The SMILES string of the molecule is Cn1c(C(=O)Nc2ccccc2CCl)ccc1[N+](=O)[O-]. The van der Waals surface area contributed by atoms with E-state index in [9.17, 15) is 14.9 Å². The molecule has 1 amide bonds. The number of nitrogens with zero attached hydrogens (tertiary/aromatic N) is 2. The fourth-order valence-corrected chi connectivity index (χ4v) is 2.09. The van der Waals surface area contributed by atoms with Crippen LogP contribution in [0.15, 0.2) is 36.4 Å². The predicted octanol–water partition coefficient (Wildman–Crippen LogP) is 2.92. The van der Waals surface area contributed by atoms with Crippen LogP contribution in [0.3, 0.4) is 0 Å². The Morgan fingerprint density at radius 1 is 1.35 bits per heavy atom. The number of anilines is 1.